The fourth-order valence-electron chi connectivity index (χ4n) is 1.62. The van der Waals surface area contributed by atoms with Gasteiger partial charge in [-0.25, -0.2) is 4.98 Å². The first-order valence-electron chi connectivity index (χ1n) is 5.59. The Labute approximate surface area is 113 Å². The molecule has 6 heteroatoms. The minimum Gasteiger partial charge on any atom is -0.454 e. The van der Waals surface area contributed by atoms with Crippen molar-refractivity contribution in [3.63, 3.8) is 0 Å². The standard InChI is InChI=1S/C13H10N2O3S/c16-12(15-13-14-5-6-19-13)4-2-9-1-3-10-11(7-9)18-8-17-10/h1-7H,8H2,(H,14,15,16)/b4-2+. The van der Waals surface area contributed by atoms with E-state index >= 15 is 0 Å². The van der Waals surface area contributed by atoms with Crippen molar-refractivity contribution in [3.05, 3.63) is 41.4 Å². The number of fused-ring (bicyclic) bond motifs is 1. The number of aromatic nitrogens is 1. The average molecular weight is 274 g/mol. The molecule has 1 aromatic carbocycles. The van der Waals surface area contributed by atoms with Crippen LogP contribution in [0, 0.1) is 0 Å². The highest BCUT2D eigenvalue weighted by Crippen LogP contribution is 2.32. The number of rotatable bonds is 3. The second kappa shape index (κ2) is 5.11. The van der Waals surface area contributed by atoms with Gasteiger partial charge in [0.25, 0.3) is 0 Å². The van der Waals surface area contributed by atoms with Gasteiger partial charge in [0, 0.05) is 17.7 Å². The largest absolute Gasteiger partial charge is 0.454 e. The van der Waals surface area contributed by atoms with Crippen LogP contribution in [-0.4, -0.2) is 17.7 Å². The highest BCUT2D eigenvalue weighted by atomic mass is 32.1. The molecule has 1 N–H and O–H groups in total. The van der Waals surface area contributed by atoms with Crippen LogP contribution in [-0.2, 0) is 4.79 Å². The summed E-state index contributed by atoms with van der Waals surface area (Å²) in [6, 6.07) is 5.51. The van der Waals surface area contributed by atoms with Crippen LogP contribution in [0.15, 0.2) is 35.9 Å². The summed E-state index contributed by atoms with van der Waals surface area (Å²) in [4.78, 5) is 15.6. The Kier molecular flexibility index (Phi) is 3.16. The van der Waals surface area contributed by atoms with Gasteiger partial charge in [-0.15, -0.1) is 11.3 Å². The van der Waals surface area contributed by atoms with E-state index in [0.717, 1.165) is 11.3 Å². The van der Waals surface area contributed by atoms with Crippen molar-refractivity contribution in [1.29, 1.82) is 0 Å². The Balaban J connectivity index is 1.67. The smallest absolute Gasteiger partial charge is 0.250 e. The second-order valence-electron chi connectivity index (χ2n) is 3.77. The molecule has 0 unspecified atom stereocenters. The summed E-state index contributed by atoms with van der Waals surface area (Å²) in [6.45, 7) is 0.243. The molecule has 0 saturated carbocycles. The number of carbonyl (C=O) groups is 1. The molecule has 19 heavy (non-hydrogen) atoms. The molecular formula is C13H10N2O3S. The summed E-state index contributed by atoms with van der Waals surface area (Å²) < 4.78 is 10.5. The van der Waals surface area contributed by atoms with E-state index in [-0.39, 0.29) is 12.7 Å². The van der Waals surface area contributed by atoms with E-state index in [1.165, 1.54) is 17.4 Å². The fourth-order valence-corrected chi connectivity index (χ4v) is 2.15. The van der Waals surface area contributed by atoms with E-state index in [1.807, 2.05) is 18.2 Å². The molecular weight excluding hydrogens is 264 g/mol. The summed E-state index contributed by atoms with van der Waals surface area (Å²) in [5.74, 6) is 1.21. The quantitative estimate of drug-likeness (QED) is 0.874. The first-order chi connectivity index (χ1) is 9.31. The lowest BCUT2D eigenvalue weighted by atomic mass is 10.2. The van der Waals surface area contributed by atoms with Crippen molar-refractivity contribution < 1.29 is 14.3 Å². The molecule has 1 aliphatic heterocycles. The molecule has 0 radical (unpaired) electrons. The van der Waals surface area contributed by atoms with Crippen LogP contribution < -0.4 is 14.8 Å². The first kappa shape index (κ1) is 11.7. The van der Waals surface area contributed by atoms with Gasteiger partial charge in [0.05, 0.1) is 0 Å². The van der Waals surface area contributed by atoms with Gasteiger partial charge in [-0.2, -0.15) is 0 Å². The van der Waals surface area contributed by atoms with E-state index in [9.17, 15) is 4.79 Å². The van der Waals surface area contributed by atoms with Crippen LogP contribution in [0.3, 0.4) is 0 Å². The number of hydrogen-bond acceptors (Lipinski definition) is 5. The van der Waals surface area contributed by atoms with Crippen LogP contribution in [0.1, 0.15) is 5.56 Å². The van der Waals surface area contributed by atoms with E-state index < -0.39 is 0 Å². The van der Waals surface area contributed by atoms with E-state index in [0.29, 0.717) is 10.9 Å². The van der Waals surface area contributed by atoms with Crippen molar-refractivity contribution in [2.75, 3.05) is 12.1 Å². The summed E-state index contributed by atoms with van der Waals surface area (Å²) >= 11 is 1.38. The van der Waals surface area contributed by atoms with Crippen LogP contribution in [0.25, 0.3) is 6.08 Å². The SMILES string of the molecule is O=C(/C=C/c1ccc2c(c1)OCO2)Nc1nccs1. The zero-order valence-electron chi connectivity index (χ0n) is 9.83. The highest BCUT2D eigenvalue weighted by molar-refractivity contribution is 7.13. The minimum atomic E-state index is -0.215. The van der Waals surface area contributed by atoms with Crippen LogP contribution in [0.4, 0.5) is 5.13 Å². The molecule has 0 atom stereocenters. The number of amides is 1. The van der Waals surface area contributed by atoms with Crippen molar-refractivity contribution in [2.24, 2.45) is 0 Å². The van der Waals surface area contributed by atoms with Gasteiger partial charge in [0.1, 0.15) is 0 Å². The zero-order valence-corrected chi connectivity index (χ0v) is 10.6. The molecule has 2 aromatic rings. The maximum Gasteiger partial charge on any atom is 0.250 e. The number of ether oxygens (including phenoxy) is 2. The normalized spacial score (nSPS) is 12.8. The Morgan fingerprint density at radius 3 is 3.11 bits per heavy atom. The number of nitrogens with zero attached hydrogens (tertiary/aromatic N) is 1. The number of thiazole rings is 1. The van der Waals surface area contributed by atoms with Crippen molar-refractivity contribution in [3.8, 4) is 11.5 Å². The van der Waals surface area contributed by atoms with Gasteiger partial charge >= 0.3 is 0 Å². The molecule has 0 aliphatic carbocycles. The predicted molar refractivity (Wildman–Crippen MR) is 72.3 cm³/mol. The Morgan fingerprint density at radius 2 is 2.26 bits per heavy atom. The number of nitrogens with one attached hydrogen (secondary N) is 1. The predicted octanol–water partition coefficient (Wildman–Crippen LogP) is 2.52. The molecule has 3 rings (SSSR count). The molecule has 5 nitrogen and oxygen atoms in total. The zero-order chi connectivity index (χ0) is 13.1. The van der Waals surface area contributed by atoms with Crippen molar-refractivity contribution in [1.82, 2.24) is 4.98 Å². The molecule has 2 heterocycles. The first-order valence-corrected chi connectivity index (χ1v) is 6.47. The number of benzene rings is 1. The lowest BCUT2D eigenvalue weighted by molar-refractivity contribution is -0.111. The number of hydrogen-bond donors (Lipinski definition) is 1. The molecule has 0 bridgehead atoms. The van der Waals surface area contributed by atoms with Gasteiger partial charge < -0.3 is 9.47 Å². The molecule has 1 aromatic heterocycles. The topological polar surface area (TPSA) is 60.5 Å². The van der Waals surface area contributed by atoms with Crippen LogP contribution in [0.5, 0.6) is 11.5 Å². The minimum absolute atomic E-state index is 0.215. The summed E-state index contributed by atoms with van der Waals surface area (Å²) in [7, 11) is 0. The molecule has 0 saturated heterocycles. The van der Waals surface area contributed by atoms with Gasteiger partial charge in [-0.1, -0.05) is 6.07 Å². The molecule has 1 amide bonds. The Bertz CT molecular complexity index is 623. The van der Waals surface area contributed by atoms with Gasteiger partial charge in [-0.3, -0.25) is 10.1 Å². The van der Waals surface area contributed by atoms with Gasteiger partial charge in [0.15, 0.2) is 16.6 Å². The third kappa shape index (κ3) is 2.74. The van der Waals surface area contributed by atoms with Gasteiger partial charge in [-0.05, 0) is 23.8 Å². The van der Waals surface area contributed by atoms with Gasteiger partial charge in [0.2, 0.25) is 12.7 Å². The fraction of sp³-hybridized carbons (Fsp3) is 0.0769. The van der Waals surface area contributed by atoms with Crippen molar-refractivity contribution >= 4 is 28.5 Å². The summed E-state index contributed by atoms with van der Waals surface area (Å²) in [6.07, 6.45) is 4.81. The molecule has 0 fully saturated rings. The average Bonchev–Trinajstić information content (AvgIpc) is 3.06. The van der Waals surface area contributed by atoms with Crippen molar-refractivity contribution in [2.45, 2.75) is 0 Å². The maximum absolute atomic E-state index is 11.6. The van der Waals surface area contributed by atoms with Crippen LogP contribution in [0.2, 0.25) is 0 Å². The monoisotopic (exact) mass is 274 g/mol. The lowest BCUT2D eigenvalue weighted by Gasteiger charge is -1.98. The lowest BCUT2D eigenvalue weighted by Crippen LogP contribution is -2.06. The highest BCUT2D eigenvalue weighted by Gasteiger charge is 2.12. The molecule has 96 valence electrons. The third-order valence-electron chi connectivity index (χ3n) is 2.49. The maximum atomic E-state index is 11.6. The number of carbonyl (C=O) groups excluding carboxylic acids is 1. The Morgan fingerprint density at radius 1 is 1.37 bits per heavy atom. The Hall–Kier alpha value is -2.34. The molecule has 1 aliphatic rings. The third-order valence-corrected chi connectivity index (χ3v) is 3.17. The van der Waals surface area contributed by atoms with Crippen LogP contribution >= 0.6 is 11.3 Å². The van der Waals surface area contributed by atoms with E-state index in [4.69, 9.17) is 9.47 Å². The van der Waals surface area contributed by atoms with E-state index in [1.54, 1.807) is 17.7 Å². The summed E-state index contributed by atoms with van der Waals surface area (Å²) in [5.41, 5.74) is 0.874. The second-order valence-corrected chi connectivity index (χ2v) is 4.67. The van der Waals surface area contributed by atoms with E-state index in [2.05, 4.69) is 10.3 Å². The summed E-state index contributed by atoms with van der Waals surface area (Å²) in [5, 5.41) is 5.06. The number of anilines is 1. The molecule has 0 spiro atoms.